The molecule has 0 radical (unpaired) electrons. The number of ether oxygens (including phenoxy) is 1. The molecule has 0 aliphatic rings. The molecule has 0 bridgehead atoms. The van der Waals surface area contributed by atoms with Gasteiger partial charge in [-0.15, -0.1) is 0 Å². The van der Waals surface area contributed by atoms with Gasteiger partial charge in [0.05, 0.1) is 4.47 Å². The van der Waals surface area contributed by atoms with E-state index in [1.807, 2.05) is 56.3 Å². The minimum Gasteiger partial charge on any atom is -0.483 e. The molecule has 0 aliphatic carbocycles. The number of carbonyl (C=O) groups excluding carboxylic acids is 2. The van der Waals surface area contributed by atoms with Crippen LogP contribution < -0.4 is 10.1 Å². The highest BCUT2D eigenvalue weighted by Gasteiger charge is 2.28. The van der Waals surface area contributed by atoms with Crippen molar-refractivity contribution in [1.82, 2.24) is 10.2 Å². The van der Waals surface area contributed by atoms with Crippen LogP contribution in [0.4, 0.5) is 0 Å². The number of nitrogens with zero attached hydrogens (tertiary/aromatic N) is 1. The van der Waals surface area contributed by atoms with Crippen molar-refractivity contribution in [3.8, 4) is 5.75 Å². The number of benzene rings is 2. The summed E-state index contributed by atoms with van der Waals surface area (Å²) in [5.74, 6) is 0.603. The summed E-state index contributed by atoms with van der Waals surface area (Å²) < 4.78 is 6.63. The summed E-state index contributed by atoms with van der Waals surface area (Å²) in [5, 5.41) is 2.67. The van der Waals surface area contributed by atoms with Crippen LogP contribution >= 0.6 is 15.9 Å². The van der Waals surface area contributed by atoms with Gasteiger partial charge in [0.1, 0.15) is 11.8 Å². The lowest BCUT2D eigenvalue weighted by Crippen LogP contribution is -2.49. The van der Waals surface area contributed by atoms with Gasteiger partial charge in [-0.05, 0) is 64.0 Å². The van der Waals surface area contributed by atoms with Crippen LogP contribution in [0, 0.1) is 6.92 Å². The standard InChI is InChI=1S/C24H31BrN2O3/c1-6-21(24(29)26-5)27(14-19-10-8-7-9-17(19)4)23(28)15-30-22-12-11-18(16(2)3)13-20(22)25/h7-13,16,21H,6,14-15H2,1-5H3,(H,26,29)/t21-/m1/s1. The molecule has 0 aliphatic heterocycles. The molecule has 2 amide bonds. The molecule has 0 aromatic heterocycles. The molecule has 1 N–H and O–H groups in total. The van der Waals surface area contributed by atoms with Crippen LogP contribution in [0.15, 0.2) is 46.9 Å². The zero-order chi connectivity index (χ0) is 22.3. The van der Waals surface area contributed by atoms with E-state index in [0.29, 0.717) is 24.6 Å². The molecule has 2 aromatic rings. The molecule has 1 atom stereocenters. The third-order valence-electron chi connectivity index (χ3n) is 5.21. The van der Waals surface area contributed by atoms with E-state index in [1.165, 1.54) is 5.56 Å². The summed E-state index contributed by atoms with van der Waals surface area (Å²) in [6.07, 6.45) is 0.518. The first-order valence-electron chi connectivity index (χ1n) is 10.3. The summed E-state index contributed by atoms with van der Waals surface area (Å²) in [6, 6.07) is 13.2. The van der Waals surface area contributed by atoms with Crippen molar-refractivity contribution >= 4 is 27.7 Å². The largest absolute Gasteiger partial charge is 0.483 e. The number of hydrogen-bond acceptors (Lipinski definition) is 3. The van der Waals surface area contributed by atoms with E-state index in [1.54, 1.807) is 11.9 Å². The summed E-state index contributed by atoms with van der Waals surface area (Å²) in [5.41, 5.74) is 3.28. The third kappa shape index (κ3) is 6.08. The Balaban J connectivity index is 2.21. The molecule has 0 unspecified atom stereocenters. The lowest BCUT2D eigenvalue weighted by atomic mass is 10.0. The van der Waals surface area contributed by atoms with Crippen molar-refractivity contribution in [2.45, 2.75) is 52.6 Å². The minimum atomic E-state index is -0.558. The second kappa shape index (κ2) is 11.2. The van der Waals surface area contributed by atoms with Crippen LogP contribution in [0.3, 0.4) is 0 Å². The zero-order valence-corrected chi connectivity index (χ0v) is 20.0. The highest BCUT2D eigenvalue weighted by molar-refractivity contribution is 9.10. The number of aryl methyl sites for hydroxylation is 1. The molecule has 6 heteroatoms. The van der Waals surface area contributed by atoms with Crippen molar-refractivity contribution < 1.29 is 14.3 Å². The monoisotopic (exact) mass is 474 g/mol. The average Bonchev–Trinajstić information content (AvgIpc) is 2.73. The number of likely N-dealkylation sites (N-methyl/N-ethyl adjacent to an activating group) is 1. The van der Waals surface area contributed by atoms with Crippen LogP contribution in [-0.2, 0) is 16.1 Å². The van der Waals surface area contributed by atoms with Crippen LogP contribution in [0.2, 0.25) is 0 Å². The summed E-state index contributed by atoms with van der Waals surface area (Å²) >= 11 is 3.53. The van der Waals surface area contributed by atoms with Crippen LogP contribution in [0.1, 0.15) is 49.8 Å². The van der Waals surface area contributed by atoms with Crippen molar-refractivity contribution in [2.75, 3.05) is 13.7 Å². The Bertz CT molecular complexity index is 883. The van der Waals surface area contributed by atoms with Crippen molar-refractivity contribution in [3.63, 3.8) is 0 Å². The quantitative estimate of drug-likeness (QED) is 0.566. The van der Waals surface area contributed by atoms with E-state index < -0.39 is 6.04 Å². The molecule has 162 valence electrons. The van der Waals surface area contributed by atoms with E-state index in [0.717, 1.165) is 15.6 Å². The number of hydrogen-bond donors (Lipinski definition) is 1. The van der Waals surface area contributed by atoms with Crippen molar-refractivity contribution in [1.29, 1.82) is 0 Å². The fourth-order valence-corrected chi connectivity index (χ4v) is 3.78. The highest BCUT2D eigenvalue weighted by atomic mass is 79.9. The maximum Gasteiger partial charge on any atom is 0.261 e. The Morgan fingerprint density at radius 1 is 1.17 bits per heavy atom. The van der Waals surface area contributed by atoms with Crippen molar-refractivity contribution in [3.05, 3.63) is 63.6 Å². The predicted octanol–water partition coefficient (Wildman–Crippen LogP) is 4.81. The van der Waals surface area contributed by atoms with E-state index in [2.05, 4.69) is 35.1 Å². The molecule has 0 fully saturated rings. The maximum absolute atomic E-state index is 13.1. The Morgan fingerprint density at radius 2 is 1.87 bits per heavy atom. The van der Waals surface area contributed by atoms with Gasteiger partial charge in [0.25, 0.3) is 5.91 Å². The first-order chi connectivity index (χ1) is 14.3. The second-order valence-corrected chi connectivity index (χ2v) is 8.47. The fraction of sp³-hybridized carbons (Fsp3) is 0.417. The van der Waals surface area contributed by atoms with Gasteiger partial charge in [-0.1, -0.05) is 51.1 Å². The molecular formula is C24H31BrN2O3. The highest BCUT2D eigenvalue weighted by Crippen LogP contribution is 2.29. The lowest BCUT2D eigenvalue weighted by molar-refractivity contribution is -0.142. The van der Waals surface area contributed by atoms with E-state index in [4.69, 9.17) is 4.74 Å². The number of amides is 2. The van der Waals surface area contributed by atoms with Crippen molar-refractivity contribution in [2.24, 2.45) is 0 Å². The summed E-state index contributed by atoms with van der Waals surface area (Å²) in [6.45, 7) is 8.37. The van der Waals surface area contributed by atoms with Gasteiger partial charge in [-0.3, -0.25) is 9.59 Å². The Kier molecular flexibility index (Phi) is 8.90. The van der Waals surface area contributed by atoms with E-state index in [9.17, 15) is 9.59 Å². The molecule has 2 rings (SSSR count). The van der Waals surface area contributed by atoms with Gasteiger partial charge < -0.3 is 15.0 Å². The Labute approximate surface area is 187 Å². The van der Waals surface area contributed by atoms with E-state index in [-0.39, 0.29) is 18.4 Å². The zero-order valence-electron chi connectivity index (χ0n) is 18.4. The first-order valence-corrected chi connectivity index (χ1v) is 11.1. The van der Waals surface area contributed by atoms with Gasteiger partial charge in [0.2, 0.25) is 5.91 Å². The molecule has 30 heavy (non-hydrogen) atoms. The molecule has 0 saturated carbocycles. The number of halogens is 1. The third-order valence-corrected chi connectivity index (χ3v) is 5.83. The number of carbonyl (C=O) groups is 2. The van der Waals surface area contributed by atoms with Gasteiger partial charge in [-0.2, -0.15) is 0 Å². The smallest absolute Gasteiger partial charge is 0.261 e. The average molecular weight is 475 g/mol. The SMILES string of the molecule is CC[C@H](C(=O)NC)N(Cc1ccccc1C)C(=O)COc1ccc(C(C)C)cc1Br. The van der Waals surface area contributed by atoms with Gasteiger partial charge in [0, 0.05) is 13.6 Å². The molecule has 0 saturated heterocycles. The number of nitrogens with one attached hydrogen (secondary N) is 1. The van der Waals surface area contributed by atoms with Gasteiger partial charge in [0.15, 0.2) is 6.61 Å². The molecule has 5 nitrogen and oxygen atoms in total. The summed E-state index contributed by atoms with van der Waals surface area (Å²) in [4.78, 5) is 27.2. The van der Waals surface area contributed by atoms with Crippen LogP contribution in [-0.4, -0.2) is 36.4 Å². The fourth-order valence-electron chi connectivity index (χ4n) is 3.27. The lowest BCUT2D eigenvalue weighted by Gasteiger charge is -2.30. The normalized spacial score (nSPS) is 11.8. The van der Waals surface area contributed by atoms with Crippen LogP contribution in [0.25, 0.3) is 0 Å². The van der Waals surface area contributed by atoms with Gasteiger partial charge in [-0.25, -0.2) is 0 Å². The number of rotatable bonds is 9. The maximum atomic E-state index is 13.1. The Hall–Kier alpha value is -2.34. The molecule has 2 aromatic carbocycles. The first kappa shape index (κ1) is 23.9. The second-order valence-electron chi connectivity index (χ2n) is 7.62. The van der Waals surface area contributed by atoms with Crippen LogP contribution in [0.5, 0.6) is 5.75 Å². The molecular weight excluding hydrogens is 444 g/mol. The topological polar surface area (TPSA) is 58.6 Å². The minimum absolute atomic E-state index is 0.140. The predicted molar refractivity (Wildman–Crippen MR) is 124 cm³/mol. The molecule has 0 spiro atoms. The van der Waals surface area contributed by atoms with E-state index >= 15 is 0 Å². The molecule has 0 heterocycles. The Morgan fingerprint density at radius 3 is 2.43 bits per heavy atom. The van der Waals surface area contributed by atoms with Gasteiger partial charge >= 0.3 is 0 Å². The summed E-state index contributed by atoms with van der Waals surface area (Å²) in [7, 11) is 1.59.